The van der Waals surface area contributed by atoms with Gasteiger partial charge < -0.3 is 31.6 Å². The minimum absolute atomic E-state index is 0.0541. The number of aliphatic imine (C=N–C) groups is 1. The number of anilines is 4. The number of nitrogen functional groups attached to an aromatic ring is 1. The van der Waals surface area contributed by atoms with Crippen LogP contribution in [0.4, 0.5) is 23.0 Å². The molecular weight excluding hydrogens is 458 g/mol. The molecule has 186 valence electrons. The van der Waals surface area contributed by atoms with Gasteiger partial charge in [0.1, 0.15) is 11.9 Å². The Labute approximate surface area is 209 Å². The largest absolute Gasteiger partial charge is 0.488 e. The molecule has 1 amide bonds. The molecule has 0 unspecified atom stereocenters. The van der Waals surface area contributed by atoms with Crippen LogP contribution in [0.5, 0.6) is 5.75 Å². The molecule has 4 rings (SSSR count). The van der Waals surface area contributed by atoms with Gasteiger partial charge in [0.15, 0.2) is 0 Å². The summed E-state index contributed by atoms with van der Waals surface area (Å²) in [4.78, 5) is 24.9. The molecule has 2 heterocycles. The predicted octanol–water partition coefficient (Wildman–Crippen LogP) is 3.51. The average molecular weight is 488 g/mol. The van der Waals surface area contributed by atoms with Gasteiger partial charge in [-0.05, 0) is 48.5 Å². The van der Waals surface area contributed by atoms with Crippen LogP contribution >= 0.6 is 0 Å². The van der Waals surface area contributed by atoms with Crippen molar-refractivity contribution >= 4 is 35.1 Å². The topological polar surface area (TPSA) is 150 Å². The summed E-state index contributed by atoms with van der Waals surface area (Å²) in [6.45, 7) is 1.40. The van der Waals surface area contributed by atoms with Crippen LogP contribution in [0.1, 0.15) is 12.8 Å². The van der Waals surface area contributed by atoms with Crippen molar-refractivity contribution in [1.82, 2.24) is 9.97 Å². The summed E-state index contributed by atoms with van der Waals surface area (Å²) < 4.78 is 11.4. The predicted molar refractivity (Wildman–Crippen MR) is 141 cm³/mol. The first-order valence-corrected chi connectivity index (χ1v) is 11.6. The summed E-state index contributed by atoms with van der Waals surface area (Å²) in [7, 11) is 1.60. The number of carbonyl (C=O) groups is 1. The highest BCUT2D eigenvalue weighted by Gasteiger charge is 2.17. The zero-order valence-electron chi connectivity index (χ0n) is 20.0. The number of nitrogens with zero attached hydrogens (tertiary/aromatic N) is 3. The lowest BCUT2D eigenvalue weighted by Gasteiger charge is -2.24. The third-order valence-electron chi connectivity index (χ3n) is 5.47. The second kappa shape index (κ2) is 11.8. The molecule has 10 heteroatoms. The highest BCUT2D eigenvalue weighted by Crippen LogP contribution is 2.30. The molecule has 1 aliphatic heterocycles. The number of amides is 1. The molecule has 3 aromatic rings. The molecule has 1 aromatic heterocycles. The van der Waals surface area contributed by atoms with E-state index in [0.717, 1.165) is 18.4 Å². The third-order valence-corrected chi connectivity index (χ3v) is 5.47. The van der Waals surface area contributed by atoms with Gasteiger partial charge in [-0.25, -0.2) is 9.97 Å². The molecule has 36 heavy (non-hydrogen) atoms. The molecule has 0 saturated carbocycles. The average Bonchev–Trinajstić information content (AvgIpc) is 2.89. The van der Waals surface area contributed by atoms with Gasteiger partial charge in [0, 0.05) is 49.2 Å². The van der Waals surface area contributed by atoms with E-state index in [4.69, 9.17) is 20.9 Å². The molecule has 2 aromatic carbocycles. The van der Waals surface area contributed by atoms with E-state index < -0.39 is 5.91 Å². The SMILES string of the molecule is CN=CC=C(N)C(=O)Nc1cccc(Nc2nccc(-c3ccc(OC4CCOCC4)c(N)c3)n2)c1. The van der Waals surface area contributed by atoms with Crippen molar-refractivity contribution in [3.63, 3.8) is 0 Å². The van der Waals surface area contributed by atoms with Crippen molar-refractivity contribution in [3.8, 4) is 17.0 Å². The smallest absolute Gasteiger partial charge is 0.271 e. The van der Waals surface area contributed by atoms with E-state index in [9.17, 15) is 4.79 Å². The van der Waals surface area contributed by atoms with Crippen LogP contribution in [0.3, 0.4) is 0 Å². The Morgan fingerprint density at radius 3 is 2.75 bits per heavy atom. The fourth-order valence-corrected chi connectivity index (χ4v) is 3.61. The van der Waals surface area contributed by atoms with Crippen LogP contribution in [0.25, 0.3) is 11.3 Å². The van der Waals surface area contributed by atoms with Gasteiger partial charge in [-0.15, -0.1) is 0 Å². The maximum Gasteiger partial charge on any atom is 0.271 e. The minimum Gasteiger partial charge on any atom is -0.488 e. The van der Waals surface area contributed by atoms with Crippen molar-refractivity contribution in [2.45, 2.75) is 18.9 Å². The number of carbonyl (C=O) groups excluding carboxylic acids is 1. The number of benzene rings is 2. The van der Waals surface area contributed by atoms with Gasteiger partial charge in [0.05, 0.1) is 30.3 Å². The number of rotatable bonds is 8. The highest BCUT2D eigenvalue weighted by molar-refractivity contribution is 6.05. The van der Waals surface area contributed by atoms with Crippen LogP contribution in [0.2, 0.25) is 0 Å². The highest BCUT2D eigenvalue weighted by atomic mass is 16.5. The zero-order chi connectivity index (χ0) is 25.3. The van der Waals surface area contributed by atoms with E-state index in [-0.39, 0.29) is 11.8 Å². The Morgan fingerprint density at radius 2 is 1.97 bits per heavy atom. The summed E-state index contributed by atoms with van der Waals surface area (Å²) in [6.07, 6.45) is 6.37. The summed E-state index contributed by atoms with van der Waals surface area (Å²) >= 11 is 0. The maximum atomic E-state index is 12.2. The van der Waals surface area contributed by atoms with Gasteiger partial charge >= 0.3 is 0 Å². The summed E-state index contributed by atoms with van der Waals surface area (Å²) in [6, 6.07) is 14.6. The van der Waals surface area contributed by atoms with Gasteiger partial charge in [-0.2, -0.15) is 0 Å². The van der Waals surface area contributed by atoms with Crippen LogP contribution in [0.15, 0.2) is 71.5 Å². The van der Waals surface area contributed by atoms with E-state index in [2.05, 4.69) is 25.6 Å². The molecular formula is C26H29N7O3. The van der Waals surface area contributed by atoms with Crippen molar-refractivity contribution in [1.29, 1.82) is 0 Å². The van der Waals surface area contributed by atoms with Crippen LogP contribution in [0, 0.1) is 0 Å². The first-order valence-electron chi connectivity index (χ1n) is 11.6. The van der Waals surface area contributed by atoms with Crippen molar-refractivity contribution < 1.29 is 14.3 Å². The summed E-state index contributed by atoms with van der Waals surface area (Å²) in [5.41, 5.74) is 15.4. The molecule has 10 nitrogen and oxygen atoms in total. The van der Waals surface area contributed by atoms with E-state index in [0.29, 0.717) is 47.7 Å². The van der Waals surface area contributed by atoms with E-state index in [1.54, 1.807) is 31.4 Å². The molecule has 0 bridgehead atoms. The molecule has 0 spiro atoms. The number of hydrogen-bond acceptors (Lipinski definition) is 9. The molecule has 6 N–H and O–H groups in total. The van der Waals surface area contributed by atoms with Gasteiger partial charge in [-0.3, -0.25) is 9.79 Å². The van der Waals surface area contributed by atoms with E-state index in [1.165, 1.54) is 12.3 Å². The van der Waals surface area contributed by atoms with Gasteiger partial charge in [-0.1, -0.05) is 6.07 Å². The minimum atomic E-state index is -0.424. The Balaban J connectivity index is 1.45. The van der Waals surface area contributed by atoms with Crippen LogP contribution in [-0.4, -0.2) is 48.5 Å². The zero-order valence-corrected chi connectivity index (χ0v) is 20.0. The molecule has 0 aliphatic carbocycles. The fraction of sp³-hybridized carbons (Fsp3) is 0.231. The van der Waals surface area contributed by atoms with Gasteiger partial charge in [0.2, 0.25) is 5.95 Å². The lowest BCUT2D eigenvalue weighted by Crippen LogP contribution is -2.26. The Kier molecular flexibility index (Phi) is 8.09. The molecule has 0 radical (unpaired) electrons. The number of aromatic nitrogens is 2. The third kappa shape index (κ3) is 6.57. The van der Waals surface area contributed by atoms with E-state index >= 15 is 0 Å². The molecule has 1 aliphatic rings. The molecule has 1 fully saturated rings. The van der Waals surface area contributed by atoms with Gasteiger partial charge in [0.25, 0.3) is 5.91 Å². The monoisotopic (exact) mass is 487 g/mol. The second-order valence-electron chi connectivity index (χ2n) is 8.14. The Bertz CT molecular complexity index is 1270. The van der Waals surface area contributed by atoms with E-state index in [1.807, 2.05) is 30.3 Å². The molecule has 0 atom stereocenters. The van der Waals surface area contributed by atoms with Crippen molar-refractivity contribution in [2.75, 3.05) is 36.6 Å². The number of nitrogens with one attached hydrogen (secondary N) is 2. The molecule has 1 saturated heterocycles. The van der Waals surface area contributed by atoms with Crippen LogP contribution in [-0.2, 0) is 9.53 Å². The van der Waals surface area contributed by atoms with Crippen molar-refractivity contribution in [2.24, 2.45) is 10.7 Å². The summed E-state index contributed by atoms with van der Waals surface area (Å²) in [5, 5.41) is 5.91. The van der Waals surface area contributed by atoms with Crippen LogP contribution < -0.4 is 26.8 Å². The number of allylic oxidation sites excluding steroid dienone is 1. The number of hydrogen-bond donors (Lipinski definition) is 4. The first-order chi connectivity index (χ1) is 17.5. The second-order valence-corrected chi connectivity index (χ2v) is 8.14. The quantitative estimate of drug-likeness (QED) is 0.214. The Hall–Kier alpha value is -4.44. The summed E-state index contributed by atoms with van der Waals surface area (Å²) in [5.74, 6) is 0.636. The number of ether oxygens (including phenoxy) is 2. The standard InChI is InChI=1S/C26H29N7O3/c1-29-11-7-21(27)25(34)31-18-3-2-4-19(16-18)32-26-30-12-8-23(33-26)17-5-6-24(22(28)15-17)36-20-9-13-35-14-10-20/h2-8,11-12,15-16,20H,9-10,13-14,27-28H2,1H3,(H,31,34)(H,30,32,33). The lowest BCUT2D eigenvalue weighted by molar-refractivity contribution is -0.112. The first kappa shape index (κ1) is 24.7. The fourth-order valence-electron chi connectivity index (χ4n) is 3.61. The normalized spacial score (nSPS) is 14.5. The number of nitrogens with two attached hydrogens (primary N) is 2. The lowest BCUT2D eigenvalue weighted by atomic mass is 10.1. The maximum absolute atomic E-state index is 12.2. The van der Waals surface area contributed by atoms with Crippen molar-refractivity contribution in [3.05, 3.63) is 66.5 Å². The Morgan fingerprint density at radius 1 is 1.17 bits per heavy atom.